The van der Waals surface area contributed by atoms with Crippen LogP contribution in [-0.2, 0) is 0 Å². The van der Waals surface area contributed by atoms with Crippen molar-refractivity contribution in [2.45, 2.75) is 13.1 Å². The van der Waals surface area contributed by atoms with Crippen LogP contribution in [0.3, 0.4) is 0 Å². The van der Waals surface area contributed by atoms with Crippen LogP contribution in [0.2, 0.25) is 13.1 Å². The number of rotatable bonds is 2. The molecule has 0 amide bonds. The average Bonchev–Trinajstić information content (AvgIpc) is 2.04. The Balaban J connectivity index is 3.12. The van der Waals surface area contributed by atoms with Gasteiger partial charge in [-0.1, -0.05) is 42.5 Å². The molecule has 1 aromatic carbocycles. The van der Waals surface area contributed by atoms with E-state index in [-0.39, 0.29) is 0 Å². The first kappa shape index (κ1) is 8.21. The van der Waals surface area contributed by atoms with Crippen molar-refractivity contribution in [2.24, 2.45) is 0 Å². The maximum Gasteiger partial charge on any atom is 0.149 e. The Bertz CT molecular complexity index is 255. The molecule has 0 spiro atoms. The van der Waals surface area contributed by atoms with Gasteiger partial charge in [-0.15, -0.1) is 0 Å². The molecule has 0 N–H and O–H groups in total. The van der Waals surface area contributed by atoms with E-state index in [9.17, 15) is 4.79 Å². The molecule has 0 fully saturated rings. The van der Waals surface area contributed by atoms with Crippen LogP contribution in [0.15, 0.2) is 24.3 Å². The largest absolute Gasteiger partial charge is 0.298 e. The third-order valence-electron chi connectivity index (χ3n) is 1.74. The fourth-order valence-electron chi connectivity index (χ4n) is 1.14. The maximum atomic E-state index is 10.6. The number of hydrogen-bond donors (Lipinski definition) is 0. The predicted octanol–water partition coefficient (Wildman–Crippen LogP) is 1.19. The van der Waals surface area contributed by atoms with Crippen molar-refractivity contribution in [1.82, 2.24) is 0 Å². The Hall–Kier alpha value is -0.893. The standard InChI is InChI=1S/C9H12OSi/c1-11(2)9-6-4-3-5-8(9)7-10/h3-7,11H,1-2H3. The van der Waals surface area contributed by atoms with Crippen LogP contribution < -0.4 is 5.19 Å². The minimum absolute atomic E-state index is 0.817. The lowest BCUT2D eigenvalue weighted by molar-refractivity contribution is 0.112. The van der Waals surface area contributed by atoms with Crippen LogP contribution >= 0.6 is 0 Å². The average molecular weight is 164 g/mol. The summed E-state index contributed by atoms with van der Waals surface area (Å²) in [6.07, 6.45) is 0.947. The molecule has 1 rings (SSSR count). The fraction of sp³-hybridized carbons (Fsp3) is 0.222. The maximum absolute atomic E-state index is 10.6. The van der Waals surface area contributed by atoms with E-state index in [0.29, 0.717) is 0 Å². The smallest absolute Gasteiger partial charge is 0.149 e. The molecule has 0 aliphatic heterocycles. The normalized spacial score (nSPS) is 10.1. The summed E-state index contributed by atoms with van der Waals surface area (Å²) in [5.74, 6) is 0. The van der Waals surface area contributed by atoms with E-state index in [4.69, 9.17) is 0 Å². The second kappa shape index (κ2) is 3.48. The molecule has 0 unspecified atom stereocenters. The summed E-state index contributed by atoms with van der Waals surface area (Å²) in [7, 11) is -0.817. The first-order valence-electron chi connectivity index (χ1n) is 3.80. The highest BCUT2D eigenvalue weighted by atomic mass is 28.3. The molecular formula is C9H12OSi. The van der Waals surface area contributed by atoms with Gasteiger partial charge in [0, 0.05) is 5.56 Å². The minimum atomic E-state index is -0.817. The number of aldehydes is 1. The Kier molecular flexibility index (Phi) is 2.60. The molecular weight excluding hydrogens is 152 g/mol. The molecule has 11 heavy (non-hydrogen) atoms. The number of carbonyl (C=O) groups is 1. The van der Waals surface area contributed by atoms with Crippen molar-refractivity contribution in [3.05, 3.63) is 29.8 Å². The summed E-state index contributed by atoms with van der Waals surface area (Å²) in [4.78, 5) is 10.6. The number of hydrogen-bond acceptors (Lipinski definition) is 1. The lowest BCUT2D eigenvalue weighted by Gasteiger charge is -2.05. The van der Waals surface area contributed by atoms with Crippen molar-refractivity contribution < 1.29 is 4.79 Å². The Morgan fingerprint density at radius 1 is 1.27 bits per heavy atom. The third kappa shape index (κ3) is 1.77. The van der Waals surface area contributed by atoms with Crippen LogP contribution in [0.5, 0.6) is 0 Å². The predicted molar refractivity (Wildman–Crippen MR) is 50.3 cm³/mol. The van der Waals surface area contributed by atoms with Gasteiger partial charge in [-0.2, -0.15) is 0 Å². The molecule has 0 atom stereocenters. The van der Waals surface area contributed by atoms with E-state index in [1.54, 1.807) is 0 Å². The minimum Gasteiger partial charge on any atom is -0.298 e. The first-order valence-corrected chi connectivity index (χ1v) is 6.68. The second-order valence-corrected chi connectivity index (χ2v) is 5.83. The third-order valence-corrected chi connectivity index (χ3v) is 3.51. The summed E-state index contributed by atoms with van der Waals surface area (Å²) in [6, 6.07) is 7.84. The zero-order valence-corrected chi connectivity index (χ0v) is 8.03. The summed E-state index contributed by atoms with van der Waals surface area (Å²) in [5.41, 5.74) is 0.870. The second-order valence-electron chi connectivity index (χ2n) is 2.90. The van der Waals surface area contributed by atoms with Crippen LogP contribution in [0.1, 0.15) is 10.4 Å². The number of benzene rings is 1. The van der Waals surface area contributed by atoms with Crippen LogP contribution in [-0.4, -0.2) is 15.1 Å². The number of carbonyl (C=O) groups excluding carboxylic acids is 1. The van der Waals surface area contributed by atoms with Gasteiger partial charge in [0.15, 0.2) is 0 Å². The van der Waals surface area contributed by atoms with Gasteiger partial charge in [0.05, 0.1) is 8.80 Å². The fourth-order valence-corrected chi connectivity index (χ4v) is 2.47. The van der Waals surface area contributed by atoms with Gasteiger partial charge >= 0.3 is 0 Å². The Labute approximate surface area is 68.7 Å². The molecule has 0 heterocycles. The lowest BCUT2D eigenvalue weighted by Crippen LogP contribution is -2.26. The van der Waals surface area contributed by atoms with Crippen LogP contribution in [0.25, 0.3) is 0 Å². The summed E-state index contributed by atoms with van der Waals surface area (Å²) >= 11 is 0. The SMILES string of the molecule is C[SiH](C)c1ccccc1C=O. The highest BCUT2D eigenvalue weighted by Crippen LogP contribution is 1.94. The monoisotopic (exact) mass is 164 g/mol. The quantitative estimate of drug-likeness (QED) is 0.474. The van der Waals surface area contributed by atoms with Crippen molar-refractivity contribution >= 4 is 20.3 Å². The van der Waals surface area contributed by atoms with E-state index >= 15 is 0 Å². The molecule has 0 saturated carbocycles. The van der Waals surface area contributed by atoms with Gasteiger partial charge in [0.25, 0.3) is 0 Å². The van der Waals surface area contributed by atoms with Gasteiger partial charge in [-0.25, -0.2) is 0 Å². The van der Waals surface area contributed by atoms with Gasteiger partial charge in [0.2, 0.25) is 0 Å². The lowest BCUT2D eigenvalue weighted by atomic mass is 10.2. The van der Waals surface area contributed by atoms with E-state index in [1.165, 1.54) is 5.19 Å². The molecule has 1 nitrogen and oxygen atoms in total. The molecule has 0 saturated heterocycles. The molecule has 0 aliphatic rings. The Morgan fingerprint density at radius 3 is 2.36 bits per heavy atom. The van der Waals surface area contributed by atoms with Crippen molar-refractivity contribution in [2.75, 3.05) is 0 Å². The molecule has 0 aliphatic carbocycles. The molecule has 0 radical (unpaired) electrons. The molecule has 0 bridgehead atoms. The molecule has 58 valence electrons. The highest BCUT2D eigenvalue weighted by molar-refractivity contribution is 6.71. The van der Waals surface area contributed by atoms with Gasteiger partial charge in [0.1, 0.15) is 6.29 Å². The van der Waals surface area contributed by atoms with Crippen molar-refractivity contribution in [3.63, 3.8) is 0 Å². The zero-order chi connectivity index (χ0) is 8.27. The van der Waals surface area contributed by atoms with Crippen LogP contribution in [0, 0.1) is 0 Å². The summed E-state index contributed by atoms with van der Waals surface area (Å²) < 4.78 is 0. The van der Waals surface area contributed by atoms with E-state index in [2.05, 4.69) is 19.2 Å². The van der Waals surface area contributed by atoms with Gasteiger partial charge < -0.3 is 0 Å². The summed E-state index contributed by atoms with van der Waals surface area (Å²) in [6.45, 7) is 4.45. The van der Waals surface area contributed by atoms with E-state index < -0.39 is 8.80 Å². The van der Waals surface area contributed by atoms with E-state index in [1.807, 2.05) is 18.2 Å². The first-order chi connectivity index (χ1) is 5.25. The van der Waals surface area contributed by atoms with Gasteiger partial charge in [-0.3, -0.25) is 4.79 Å². The van der Waals surface area contributed by atoms with Gasteiger partial charge in [-0.05, 0) is 0 Å². The van der Waals surface area contributed by atoms with E-state index in [0.717, 1.165) is 11.8 Å². The molecule has 0 aromatic heterocycles. The molecule has 2 heteroatoms. The topological polar surface area (TPSA) is 17.1 Å². The molecule has 1 aromatic rings. The van der Waals surface area contributed by atoms with Crippen molar-refractivity contribution in [3.8, 4) is 0 Å². The summed E-state index contributed by atoms with van der Waals surface area (Å²) in [5, 5.41) is 1.27. The van der Waals surface area contributed by atoms with Crippen LogP contribution in [0.4, 0.5) is 0 Å². The Morgan fingerprint density at radius 2 is 1.91 bits per heavy atom. The zero-order valence-electron chi connectivity index (χ0n) is 6.87. The van der Waals surface area contributed by atoms with Crippen molar-refractivity contribution in [1.29, 1.82) is 0 Å². The highest BCUT2D eigenvalue weighted by Gasteiger charge is 2.04.